The third-order valence-corrected chi connectivity index (χ3v) is 4.07. The van der Waals surface area contributed by atoms with Gasteiger partial charge in [-0.15, -0.1) is 0 Å². The summed E-state index contributed by atoms with van der Waals surface area (Å²) >= 11 is 1.59. The molecule has 1 aromatic rings. The molecule has 0 aromatic heterocycles. The summed E-state index contributed by atoms with van der Waals surface area (Å²) in [6.45, 7) is 4.28. The Balaban J connectivity index is 2.63. The summed E-state index contributed by atoms with van der Waals surface area (Å²) in [5, 5.41) is 0. The second-order valence-electron chi connectivity index (χ2n) is 4.30. The van der Waals surface area contributed by atoms with E-state index in [1.165, 1.54) is 25.3 Å². The number of rotatable bonds is 7. The van der Waals surface area contributed by atoms with E-state index in [9.17, 15) is 9.18 Å². The zero-order valence-corrected chi connectivity index (χ0v) is 11.8. The third-order valence-electron chi connectivity index (χ3n) is 2.79. The minimum Gasteiger partial charge on any atom is -0.496 e. The topological polar surface area (TPSA) is 26.3 Å². The van der Waals surface area contributed by atoms with Crippen LogP contribution >= 0.6 is 11.8 Å². The van der Waals surface area contributed by atoms with E-state index in [0.29, 0.717) is 23.0 Å². The van der Waals surface area contributed by atoms with Gasteiger partial charge in [0.1, 0.15) is 11.6 Å². The molecule has 0 saturated heterocycles. The van der Waals surface area contributed by atoms with Crippen molar-refractivity contribution < 1.29 is 13.9 Å². The summed E-state index contributed by atoms with van der Waals surface area (Å²) in [6.07, 6.45) is 1.10. The molecule has 1 aromatic carbocycles. The van der Waals surface area contributed by atoms with Gasteiger partial charge < -0.3 is 4.74 Å². The molecule has 0 bridgehead atoms. The van der Waals surface area contributed by atoms with Gasteiger partial charge in [-0.25, -0.2) is 4.39 Å². The number of ketones is 1. The van der Waals surface area contributed by atoms with Gasteiger partial charge in [-0.1, -0.05) is 20.3 Å². The number of carbonyl (C=O) groups is 1. The minimum absolute atomic E-state index is 0.0837. The van der Waals surface area contributed by atoms with E-state index >= 15 is 0 Å². The number of methoxy groups -OCH3 is 1. The average Bonchev–Trinajstić information content (AvgIpc) is 2.38. The molecular formula is C14H19FO2S. The number of hydrogen-bond donors (Lipinski definition) is 0. The molecule has 1 rings (SSSR count). The van der Waals surface area contributed by atoms with Crippen molar-refractivity contribution in [3.8, 4) is 5.75 Å². The molecule has 0 spiro atoms. The normalized spacial score (nSPS) is 12.2. The van der Waals surface area contributed by atoms with Crippen molar-refractivity contribution in [2.24, 2.45) is 5.92 Å². The summed E-state index contributed by atoms with van der Waals surface area (Å²) in [5.41, 5.74) is 0.328. The maximum atomic E-state index is 13.1. The van der Waals surface area contributed by atoms with Gasteiger partial charge in [0.2, 0.25) is 0 Å². The maximum Gasteiger partial charge on any atom is 0.176 e. The second-order valence-corrected chi connectivity index (χ2v) is 5.33. The minimum atomic E-state index is -0.411. The largest absolute Gasteiger partial charge is 0.496 e. The van der Waals surface area contributed by atoms with Crippen LogP contribution in [0.2, 0.25) is 0 Å². The molecule has 0 radical (unpaired) electrons. The van der Waals surface area contributed by atoms with E-state index in [-0.39, 0.29) is 5.78 Å². The van der Waals surface area contributed by atoms with Crippen LogP contribution in [0, 0.1) is 11.7 Å². The Labute approximate surface area is 112 Å². The average molecular weight is 270 g/mol. The molecule has 1 atom stereocenters. The monoisotopic (exact) mass is 270 g/mol. The Morgan fingerprint density at radius 2 is 2.22 bits per heavy atom. The van der Waals surface area contributed by atoms with Crippen molar-refractivity contribution in [3.63, 3.8) is 0 Å². The first-order valence-corrected chi connectivity index (χ1v) is 7.18. The first kappa shape index (κ1) is 15.0. The lowest BCUT2D eigenvalue weighted by atomic mass is 10.1. The molecular weight excluding hydrogens is 251 g/mol. The molecule has 18 heavy (non-hydrogen) atoms. The van der Waals surface area contributed by atoms with Gasteiger partial charge in [-0.05, 0) is 29.9 Å². The molecule has 1 unspecified atom stereocenters. The predicted octanol–water partition coefficient (Wildman–Crippen LogP) is 3.80. The SMILES string of the molecule is CCC(C)CSCC(=O)c1cc(F)ccc1OC. The molecule has 2 nitrogen and oxygen atoms in total. The number of benzene rings is 1. The van der Waals surface area contributed by atoms with Crippen molar-refractivity contribution >= 4 is 17.5 Å². The van der Waals surface area contributed by atoms with Crippen LogP contribution in [0.15, 0.2) is 18.2 Å². The van der Waals surface area contributed by atoms with Crippen molar-refractivity contribution in [3.05, 3.63) is 29.6 Å². The Morgan fingerprint density at radius 3 is 2.83 bits per heavy atom. The molecule has 0 aliphatic heterocycles. The molecule has 0 fully saturated rings. The van der Waals surface area contributed by atoms with Gasteiger partial charge in [0, 0.05) is 0 Å². The molecule has 100 valence electrons. The van der Waals surface area contributed by atoms with Crippen LogP contribution in [0.3, 0.4) is 0 Å². The fourth-order valence-corrected chi connectivity index (χ4v) is 2.54. The second kappa shape index (κ2) is 7.41. The van der Waals surface area contributed by atoms with Crippen molar-refractivity contribution in [2.45, 2.75) is 20.3 Å². The molecule has 0 saturated carbocycles. The highest BCUT2D eigenvalue weighted by atomic mass is 32.2. The summed E-state index contributed by atoms with van der Waals surface area (Å²) in [5.74, 6) is 1.85. The first-order valence-electron chi connectivity index (χ1n) is 6.03. The zero-order chi connectivity index (χ0) is 13.5. The highest BCUT2D eigenvalue weighted by molar-refractivity contribution is 7.99. The summed E-state index contributed by atoms with van der Waals surface area (Å²) in [7, 11) is 1.48. The fourth-order valence-electron chi connectivity index (χ4n) is 1.45. The van der Waals surface area contributed by atoms with Crippen molar-refractivity contribution in [2.75, 3.05) is 18.6 Å². The number of halogens is 1. The van der Waals surface area contributed by atoms with E-state index in [0.717, 1.165) is 12.2 Å². The molecule has 0 N–H and O–H groups in total. The van der Waals surface area contributed by atoms with Gasteiger partial charge in [0.15, 0.2) is 5.78 Å². The Hall–Kier alpha value is -1.03. The van der Waals surface area contributed by atoms with E-state index < -0.39 is 5.82 Å². The lowest BCUT2D eigenvalue weighted by molar-refractivity contribution is 0.101. The molecule has 0 aliphatic rings. The molecule has 0 aliphatic carbocycles. The molecule has 0 amide bonds. The van der Waals surface area contributed by atoms with E-state index in [4.69, 9.17) is 4.74 Å². The number of ether oxygens (including phenoxy) is 1. The van der Waals surface area contributed by atoms with Gasteiger partial charge in [0.25, 0.3) is 0 Å². The van der Waals surface area contributed by atoms with Gasteiger partial charge in [-0.2, -0.15) is 11.8 Å². The lowest BCUT2D eigenvalue weighted by Crippen LogP contribution is -2.07. The predicted molar refractivity (Wildman–Crippen MR) is 74.1 cm³/mol. The first-order chi connectivity index (χ1) is 8.58. The van der Waals surface area contributed by atoms with Crippen LogP contribution in [0.5, 0.6) is 5.75 Å². The lowest BCUT2D eigenvalue weighted by Gasteiger charge is -2.09. The number of Topliss-reactive ketones (excluding diaryl/α,β-unsaturated/α-hetero) is 1. The van der Waals surface area contributed by atoms with Crippen LogP contribution in [-0.2, 0) is 0 Å². The number of hydrogen-bond acceptors (Lipinski definition) is 3. The van der Waals surface area contributed by atoms with Crippen molar-refractivity contribution in [1.29, 1.82) is 0 Å². The summed E-state index contributed by atoms with van der Waals surface area (Å²) < 4.78 is 18.2. The van der Waals surface area contributed by atoms with Crippen LogP contribution in [0.4, 0.5) is 4.39 Å². The van der Waals surface area contributed by atoms with Gasteiger partial charge >= 0.3 is 0 Å². The van der Waals surface area contributed by atoms with Crippen LogP contribution < -0.4 is 4.74 Å². The van der Waals surface area contributed by atoms with Crippen LogP contribution in [-0.4, -0.2) is 24.4 Å². The Kier molecular flexibility index (Phi) is 6.19. The Bertz CT molecular complexity index is 407. The highest BCUT2D eigenvalue weighted by Crippen LogP contribution is 2.22. The van der Waals surface area contributed by atoms with Crippen LogP contribution in [0.25, 0.3) is 0 Å². The third kappa shape index (κ3) is 4.33. The molecule has 4 heteroatoms. The summed E-state index contributed by atoms with van der Waals surface area (Å²) in [4.78, 5) is 12.0. The zero-order valence-electron chi connectivity index (χ0n) is 11.0. The van der Waals surface area contributed by atoms with Gasteiger partial charge in [-0.3, -0.25) is 4.79 Å². The standard InChI is InChI=1S/C14H19FO2S/c1-4-10(2)8-18-9-13(16)12-7-11(15)5-6-14(12)17-3/h5-7,10H,4,8-9H2,1-3H3. The molecule has 0 heterocycles. The van der Waals surface area contributed by atoms with Crippen LogP contribution in [0.1, 0.15) is 30.6 Å². The smallest absolute Gasteiger partial charge is 0.176 e. The maximum absolute atomic E-state index is 13.1. The van der Waals surface area contributed by atoms with Gasteiger partial charge in [0.05, 0.1) is 18.4 Å². The van der Waals surface area contributed by atoms with E-state index in [2.05, 4.69) is 13.8 Å². The summed E-state index contributed by atoms with van der Waals surface area (Å²) in [6, 6.07) is 4.02. The van der Waals surface area contributed by atoms with Crippen molar-refractivity contribution in [1.82, 2.24) is 0 Å². The van der Waals surface area contributed by atoms with E-state index in [1.54, 1.807) is 11.8 Å². The highest BCUT2D eigenvalue weighted by Gasteiger charge is 2.13. The number of carbonyl (C=O) groups excluding carboxylic acids is 1. The van der Waals surface area contributed by atoms with E-state index in [1.807, 2.05) is 0 Å². The number of thioether (sulfide) groups is 1. The quantitative estimate of drug-likeness (QED) is 0.705. The fraction of sp³-hybridized carbons (Fsp3) is 0.500. The Morgan fingerprint density at radius 1 is 1.50 bits per heavy atom.